The second-order valence-electron chi connectivity index (χ2n) is 17.7. The Morgan fingerprint density at radius 1 is 0.484 bits per heavy atom. The maximum atomic E-state index is 5.70. The Kier molecular flexibility index (Phi) is 13.6. The molecular weight excluding hydrogens is 811 g/mol. The van der Waals surface area contributed by atoms with Gasteiger partial charge in [-0.05, 0) is 92.1 Å². The number of rotatable bonds is 20. The van der Waals surface area contributed by atoms with Gasteiger partial charge in [-0.1, -0.05) is 152 Å². The van der Waals surface area contributed by atoms with E-state index in [4.69, 9.17) is 9.97 Å². The number of thiophene rings is 3. The molecule has 4 aromatic carbocycles. The molecule has 5 heterocycles. The first-order valence-electron chi connectivity index (χ1n) is 23.8. The first kappa shape index (κ1) is 42.9. The summed E-state index contributed by atoms with van der Waals surface area (Å²) in [5.41, 5.74) is 12.0. The van der Waals surface area contributed by atoms with E-state index in [-0.39, 0.29) is 0 Å². The van der Waals surface area contributed by atoms with Crippen molar-refractivity contribution in [2.75, 3.05) is 0 Å². The lowest BCUT2D eigenvalue weighted by Gasteiger charge is -2.14. The highest BCUT2D eigenvalue weighted by molar-refractivity contribution is 7.31. The molecule has 0 saturated heterocycles. The average Bonchev–Trinajstić information content (AvgIpc) is 4.07. The van der Waals surface area contributed by atoms with Crippen molar-refractivity contribution in [3.63, 3.8) is 0 Å². The summed E-state index contributed by atoms with van der Waals surface area (Å²) in [6, 6.07) is 31.7. The number of hydrogen-bond acceptors (Lipinski definition) is 5. The van der Waals surface area contributed by atoms with Crippen molar-refractivity contribution < 1.29 is 0 Å². The van der Waals surface area contributed by atoms with E-state index >= 15 is 0 Å². The van der Waals surface area contributed by atoms with E-state index in [2.05, 4.69) is 124 Å². The number of hydrogen-bond donors (Lipinski definition) is 0. The highest BCUT2D eigenvalue weighted by Gasteiger charge is 2.24. The van der Waals surface area contributed by atoms with Gasteiger partial charge in [-0.2, -0.15) is 0 Å². The van der Waals surface area contributed by atoms with Gasteiger partial charge in [-0.3, -0.25) is 0 Å². The molecule has 0 spiro atoms. The van der Waals surface area contributed by atoms with E-state index in [0.717, 1.165) is 52.9 Å². The zero-order valence-electron chi connectivity index (χ0n) is 37.7. The van der Waals surface area contributed by atoms with E-state index in [0.29, 0.717) is 0 Å². The highest BCUT2D eigenvalue weighted by Crippen LogP contribution is 2.49. The molecule has 0 N–H and O–H groups in total. The van der Waals surface area contributed by atoms with Crippen LogP contribution in [-0.4, -0.2) is 14.5 Å². The average molecular weight is 874 g/mol. The normalized spacial score (nSPS) is 12.1. The van der Waals surface area contributed by atoms with Gasteiger partial charge in [-0.15, -0.1) is 34.0 Å². The molecule has 9 aromatic rings. The molecule has 3 nitrogen and oxygen atoms in total. The molecule has 0 radical (unpaired) electrons. The molecule has 0 aliphatic carbocycles. The fraction of sp³-hybridized carbons (Fsp3) is 0.393. The zero-order valence-corrected chi connectivity index (χ0v) is 40.1. The maximum Gasteiger partial charge on any atom is 0.109 e. The number of benzene rings is 4. The predicted octanol–water partition coefficient (Wildman–Crippen LogP) is 18.5. The highest BCUT2D eigenvalue weighted by atomic mass is 32.1. The van der Waals surface area contributed by atoms with Crippen LogP contribution in [0.25, 0.3) is 85.3 Å². The number of nitrogens with zero attached hydrogens (tertiary/aromatic N) is 3. The Morgan fingerprint density at radius 2 is 1.08 bits per heavy atom. The quantitative estimate of drug-likeness (QED) is 0.0714. The zero-order chi connectivity index (χ0) is 42.6. The number of aromatic nitrogens is 3. The number of para-hydroxylation sites is 1. The van der Waals surface area contributed by atoms with Crippen molar-refractivity contribution in [2.45, 2.75) is 144 Å². The van der Waals surface area contributed by atoms with Gasteiger partial charge in [-0.25, -0.2) is 9.97 Å². The number of aryl methyl sites for hydroxylation is 5. The predicted molar refractivity (Wildman–Crippen MR) is 276 cm³/mol. The van der Waals surface area contributed by atoms with Crippen LogP contribution >= 0.6 is 34.0 Å². The molecule has 62 heavy (non-hydrogen) atoms. The van der Waals surface area contributed by atoms with Crippen LogP contribution in [-0.2, 0) is 19.4 Å². The molecular formula is C56H63N3S3. The third-order valence-corrected chi connectivity index (χ3v) is 16.7. The summed E-state index contributed by atoms with van der Waals surface area (Å²) in [6.45, 7) is 12.5. The second-order valence-corrected chi connectivity index (χ2v) is 21.2. The Bertz CT molecular complexity index is 2960. The van der Waals surface area contributed by atoms with Gasteiger partial charge < -0.3 is 4.57 Å². The van der Waals surface area contributed by atoms with E-state index in [1.165, 1.54) is 151 Å². The van der Waals surface area contributed by atoms with E-state index in [1.54, 1.807) is 11.1 Å². The van der Waals surface area contributed by atoms with Crippen molar-refractivity contribution in [1.29, 1.82) is 0 Å². The topological polar surface area (TPSA) is 30.7 Å². The molecule has 0 unspecified atom stereocenters. The van der Waals surface area contributed by atoms with Crippen LogP contribution in [0.3, 0.4) is 0 Å². The van der Waals surface area contributed by atoms with Gasteiger partial charge in [0.15, 0.2) is 0 Å². The summed E-state index contributed by atoms with van der Waals surface area (Å²) in [4.78, 5) is 16.6. The van der Waals surface area contributed by atoms with E-state index < -0.39 is 0 Å². The van der Waals surface area contributed by atoms with Crippen molar-refractivity contribution in [2.24, 2.45) is 0 Å². The number of unbranched alkanes of at least 4 members (excludes halogenated alkanes) is 11. The van der Waals surface area contributed by atoms with Crippen molar-refractivity contribution in [3.8, 4) is 32.3 Å². The molecule has 0 aliphatic rings. The van der Waals surface area contributed by atoms with Crippen LogP contribution in [0, 0.1) is 13.8 Å². The lowest BCUT2D eigenvalue weighted by molar-refractivity contribution is 0.600. The third kappa shape index (κ3) is 8.52. The summed E-state index contributed by atoms with van der Waals surface area (Å²) in [7, 11) is 0. The fourth-order valence-corrected chi connectivity index (χ4v) is 13.4. The summed E-state index contributed by atoms with van der Waals surface area (Å²) in [5.74, 6) is 0. The standard InChI is InChI=1S/C56H63N3S3/c1-6-9-12-14-16-21-27-41-42(28-22-17-15-13-10-7-2)46-36-49(62-55(46)54-45(41)34-37(4)60-54)56-53-50(38(5)61-56)57-52(51(58-53)39-25-19-18-20-26-39)40-31-32-44-43-29-23-24-30-47(43)59(33-11-8-3)48(44)35-40/h18-20,23-26,29-32,34-36H,6-17,21-22,27-28,33H2,1-5H3. The Labute approximate surface area is 381 Å². The first-order valence-corrected chi connectivity index (χ1v) is 26.3. The van der Waals surface area contributed by atoms with Gasteiger partial charge >= 0.3 is 0 Å². The lowest BCUT2D eigenvalue weighted by atomic mass is 9.91. The molecule has 0 atom stereocenters. The maximum absolute atomic E-state index is 5.70. The molecule has 320 valence electrons. The second kappa shape index (κ2) is 19.6. The van der Waals surface area contributed by atoms with E-state index in [1.807, 2.05) is 34.0 Å². The van der Waals surface area contributed by atoms with Crippen LogP contribution in [0.2, 0.25) is 0 Å². The smallest absolute Gasteiger partial charge is 0.109 e. The molecule has 0 amide bonds. The van der Waals surface area contributed by atoms with E-state index in [9.17, 15) is 0 Å². The van der Waals surface area contributed by atoms with Gasteiger partial charge in [0.05, 0.1) is 25.7 Å². The molecule has 0 bridgehead atoms. The molecule has 5 aromatic heterocycles. The summed E-state index contributed by atoms with van der Waals surface area (Å²) in [5, 5.41) is 5.64. The molecule has 0 saturated carbocycles. The van der Waals surface area contributed by atoms with Crippen molar-refractivity contribution in [1.82, 2.24) is 14.5 Å². The van der Waals surface area contributed by atoms with Crippen LogP contribution in [0.15, 0.2) is 84.9 Å². The van der Waals surface area contributed by atoms with Gasteiger partial charge in [0.2, 0.25) is 0 Å². The van der Waals surface area contributed by atoms with Crippen molar-refractivity contribution >= 4 is 87.0 Å². The fourth-order valence-electron chi connectivity index (χ4n) is 9.87. The van der Waals surface area contributed by atoms with Crippen molar-refractivity contribution in [3.05, 3.63) is 106 Å². The minimum Gasteiger partial charge on any atom is -0.340 e. The Balaban J connectivity index is 1.18. The van der Waals surface area contributed by atoms with Crippen LogP contribution in [0.1, 0.15) is 132 Å². The van der Waals surface area contributed by atoms with Crippen LogP contribution in [0.4, 0.5) is 0 Å². The summed E-state index contributed by atoms with van der Waals surface area (Å²) >= 11 is 5.87. The Hall–Kier alpha value is -4.36. The summed E-state index contributed by atoms with van der Waals surface area (Å²) < 4.78 is 5.48. The van der Waals surface area contributed by atoms with Gasteiger partial charge in [0.1, 0.15) is 11.0 Å². The SMILES string of the molecule is CCCCCCCCc1c(CCCCCCCC)c2cc(-c3sc(C)c4nc(-c5ccc6c7ccccc7n(CCCC)c6c5)c(-c5ccccc5)nc34)sc2c2sc(C)cc12. The lowest BCUT2D eigenvalue weighted by Crippen LogP contribution is -1.98. The number of fused-ring (bicyclic) bond motifs is 7. The monoisotopic (exact) mass is 873 g/mol. The van der Waals surface area contributed by atoms with Gasteiger partial charge in [0, 0.05) is 54.1 Å². The van der Waals surface area contributed by atoms with Crippen LogP contribution in [0.5, 0.6) is 0 Å². The van der Waals surface area contributed by atoms with Gasteiger partial charge in [0.25, 0.3) is 0 Å². The molecule has 9 rings (SSSR count). The first-order chi connectivity index (χ1) is 30.5. The molecule has 6 heteroatoms. The molecule has 0 aliphatic heterocycles. The molecule has 0 fully saturated rings. The minimum absolute atomic E-state index is 0.954. The largest absolute Gasteiger partial charge is 0.340 e. The summed E-state index contributed by atoms with van der Waals surface area (Å²) in [6.07, 6.45) is 20.6. The minimum atomic E-state index is 0.954. The van der Waals surface area contributed by atoms with Crippen LogP contribution < -0.4 is 0 Å². The Morgan fingerprint density at radius 3 is 1.81 bits per heavy atom. The third-order valence-electron chi connectivity index (χ3n) is 13.1.